The zero-order valence-corrected chi connectivity index (χ0v) is 13.2. The monoisotopic (exact) mass is 360 g/mol. The summed E-state index contributed by atoms with van der Waals surface area (Å²) in [4.78, 5) is 36.7. The fourth-order valence-electron chi connectivity index (χ4n) is 1.44. The lowest BCUT2D eigenvalue weighted by Gasteiger charge is -2.06. The van der Waals surface area contributed by atoms with Crippen LogP contribution in [-0.4, -0.2) is 42.6 Å². The summed E-state index contributed by atoms with van der Waals surface area (Å²) in [6.45, 7) is 2.03. The molecule has 0 radical (unpaired) electrons. The van der Waals surface area contributed by atoms with E-state index in [1.807, 2.05) is 0 Å². The van der Waals surface area contributed by atoms with Gasteiger partial charge in [-0.1, -0.05) is 0 Å². The number of hydrogen-bond acceptors (Lipinski definition) is 5. The van der Waals surface area contributed by atoms with Gasteiger partial charge in [0.15, 0.2) is 6.61 Å². The van der Waals surface area contributed by atoms with Crippen molar-refractivity contribution in [3.05, 3.63) is 22.4 Å². The van der Waals surface area contributed by atoms with Gasteiger partial charge in [0.2, 0.25) is 0 Å². The molecular formula is C13H17BrN2O5. The van der Waals surface area contributed by atoms with E-state index in [2.05, 4.69) is 26.2 Å². The van der Waals surface area contributed by atoms with Crippen molar-refractivity contribution >= 4 is 33.8 Å². The predicted octanol–water partition coefficient (Wildman–Crippen LogP) is 1.39. The maximum Gasteiger partial charge on any atom is 0.355 e. The molecule has 8 heteroatoms. The fourth-order valence-corrected chi connectivity index (χ4v) is 1.78. The van der Waals surface area contributed by atoms with Crippen molar-refractivity contribution in [3.63, 3.8) is 0 Å². The molecule has 0 unspecified atom stereocenters. The van der Waals surface area contributed by atoms with Gasteiger partial charge in [0.25, 0.3) is 5.91 Å². The molecule has 0 fully saturated rings. The third-order valence-electron chi connectivity index (χ3n) is 2.39. The fraction of sp³-hybridized carbons (Fsp3) is 0.462. The second kappa shape index (κ2) is 9.17. The minimum atomic E-state index is -0.609. The highest BCUT2D eigenvalue weighted by Crippen LogP contribution is 2.11. The Kier molecular flexibility index (Phi) is 7.52. The first kappa shape index (κ1) is 17.2. The van der Waals surface area contributed by atoms with Gasteiger partial charge in [-0.05, 0) is 35.3 Å². The topological polar surface area (TPSA) is 97.5 Å². The van der Waals surface area contributed by atoms with Crippen LogP contribution < -0.4 is 5.32 Å². The maximum atomic E-state index is 11.5. The van der Waals surface area contributed by atoms with Gasteiger partial charge in [-0.2, -0.15) is 0 Å². The molecule has 1 heterocycles. The summed E-state index contributed by atoms with van der Waals surface area (Å²) in [6, 6.07) is 1.56. The third-order valence-corrected chi connectivity index (χ3v) is 2.85. The lowest BCUT2D eigenvalue weighted by Crippen LogP contribution is -2.30. The Hall–Kier alpha value is -1.83. The zero-order chi connectivity index (χ0) is 15.7. The van der Waals surface area contributed by atoms with E-state index in [0.717, 1.165) is 4.47 Å². The van der Waals surface area contributed by atoms with E-state index in [9.17, 15) is 14.4 Å². The Bertz CT molecular complexity index is 501. The highest BCUT2D eigenvalue weighted by Gasteiger charge is 2.11. The first-order valence-electron chi connectivity index (χ1n) is 6.46. The molecule has 1 rings (SSSR count). The number of carbonyl (C=O) groups excluding carboxylic acids is 3. The van der Waals surface area contributed by atoms with Crippen LogP contribution in [0, 0.1) is 0 Å². The molecule has 0 saturated carbocycles. The summed E-state index contributed by atoms with van der Waals surface area (Å²) in [5, 5.41) is 2.55. The molecule has 0 saturated heterocycles. The molecule has 0 aliphatic rings. The van der Waals surface area contributed by atoms with E-state index in [1.165, 1.54) is 0 Å². The number of aromatic nitrogens is 1. The molecule has 1 aromatic heterocycles. The average Bonchev–Trinajstić information content (AvgIpc) is 2.88. The molecule has 1 aromatic rings. The summed E-state index contributed by atoms with van der Waals surface area (Å²) >= 11 is 3.19. The standard InChI is InChI=1S/C13H17BrN2O5/c1-2-20-12(18)4-3-5-15-11(17)8-21-13(19)10-6-9(14)7-16-10/h6-7,16H,2-5,8H2,1H3,(H,15,17). The van der Waals surface area contributed by atoms with Crippen LogP contribution in [0.4, 0.5) is 0 Å². The second-order valence-electron chi connectivity index (χ2n) is 4.07. The normalized spacial score (nSPS) is 10.0. The molecule has 0 spiro atoms. The summed E-state index contributed by atoms with van der Waals surface area (Å²) < 4.78 is 10.3. The summed E-state index contributed by atoms with van der Waals surface area (Å²) in [7, 11) is 0. The summed E-state index contributed by atoms with van der Waals surface area (Å²) in [5.41, 5.74) is 0.261. The Balaban J connectivity index is 2.14. The van der Waals surface area contributed by atoms with Crippen LogP contribution in [0.15, 0.2) is 16.7 Å². The van der Waals surface area contributed by atoms with Crippen LogP contribution >= 0.6 is 15.9 Å². The van der Waals surface area contributed by atoms with E-state index in [-0.39, 0.29) is 24.7 Å². The van der Waals surface area contributed by atoms with E-state index >= 15 is 0 Å². The Labute approximate surface area is 130 Å². The number of ether oxygens (including phenoxy) is 2. The number of amides is 1. The van der Waals surface area contributed by atoms with Gasteiger partial charge in [0.1, 0.15) is 5.69 Å². The van der Waals surface area contributed by atoms with Gasteiger partial charge < -0.3 is 19.8 Å². The molecular weight excluding hydrogens is 344 g/mol. The number of nitrogens with one attached hydrogen (secondary N) is 2. The predicted molar refractivity (Wildman–Crippen MR) is 77.7 cm³/mol. The minimum absolute atomic E-state index is 0.240. The first-order valence-corrected chi connectivity index (χ1v) is 7.25. The van der Waals surface area contributed by atoms with Crippen LogP contribution in [0.25, 0.3) is 0 Å². The van der Waals surface area contributed by atoms with Gasteiger partial charge in [-0.25, -0.2) is 4.79 Å². The number of carbonyl (C=O) groups is 3. The molecule has 1 amide bonds. The lowest BCUT2D eigenvalue weighted by atomic mass is 10.3. The smallest absolute Gasteiger partial charge is 0.355 e. The van der Waals surface area contributed by atoms with Crippen molar-refractivity contribution in [2.24, 2.45) is 0 Å². The van der Waals surface area contributed by atoms with Crippen LogP contribution in [0.5, 0.6) is 0 Å². The quantitative estimate of drug-likeness (QED) is 0.539. The van der Waals surface area contributed by atoms with Crippen LogP contribution in [0.3, 0.4) is 0 Å². The van der Waals surface area contributed by atoms with E-state index in [4.69, 9.17) is 9.47 Å². The zero-order valence-electron chi connectivity index (χ0n) is 11.6. The van der Waals surface area contributed by atoms with Crippen molar-refractivity contribution < 1.29 is 23.9 Å². The van der Waals surface area contributed by atoms with Crippen molar-refractivity contribution in [2.75, 3.05) is 19.8 Å². The number of halogens is 1. The first-order chi connectivity index (χ1) is 10.0. The molecule has 116 valence electrons. The summed E-state index contributed by atoms with van der Waals surface area (Å²) in [6.07, 6.45) is 2.30. The van der Waals surface area contributed by atoms with Gasteiger partial charge >= 0.3 is 11.9 Å². The van der Waals surface area contributed by atoms with Crippen LogP contribution in [-0.2, 0) is 19.1 Å². The van der Waals surface area contributed by atoms with Gasteiger partial charge in [-0.3, -0.25) is 9.59 Å². The third kappa shape index (κ3) is 6.94. The van der Waals surface area contributed by atoms with Crippen molar-refractivity contribution in [3.8, 4) is 0 Å². The molecule has 7 nitrogen and oxygen atoms in total. The second-order valence-corrected chi connectivity index (χ2v) is 4.98. The van der Waals surface area contributed by atoms with E-state index in [1.54, 1.807) is 19.2 Å². The molecule has 0 atom stereocenters. The number of aromatic amines is 1. The van der Waals surface area contributed by atoms with Crippen molar-refractivity contribution in [2.45, 2.75) is 19.8 Å². The number of hydrogen-bond donors (Lipinski definition) is 2. The largest absolute Gasteiger partial charge is 0.466 e. The van der Waals surface area contributed by atoms with Gasteiger partial charge in [-0.15, -0.1) is 0 Å². The highest BCUT2D eigenvalue weighted by atomic mass is 79.9. The highest BCUT2D eigenvalue weighted by molar-refractivity contribution is 9.10. The SMILES string of the molecule is CCOC(=O)CCCNC(=O)COC(=O)c1cc(Br)c[nH]1. The Morgan fingerprint density at radius 3 is 2.71 bits per heavy atom. The van der Waals surface area contributed by atoms with Crippen molar-refractivity contribution in [1.29, 1.82) is 0 Å². The minimum Gasteiger partial charge on any atom is -0.466 e. The summed E-state index contributed by atoms with van der Waals surface area (Å²) in [5.74, 6) is -1.32. The van der Waals surface area contributed by atoms with Crippen molar-refractivity contribution in [1.82, 2.24) is 10.3 Å². The number of rotatable bonds is 8. The molecule has 21 heavy (non-hydrogen) atoms. The Morgan fingerprint density at radius 1 is 1.33 bits per heavy atom. The van der Waals surface area contributed by atoms with E-state index < -0.39 is 11.9 Å². The molecule has 2 N–H and O–H groups in total. The van der Waals surface area contributed by atoms with E-state index in [0.29, 0.717) is 19.6 Å². The van der Waals surface area contributed by atoms with Gasteiger partial charge in [0, 0.05) is 23.6 Å². The Morgan fingerprint density at radius 2 is 2.10 bits per heavy atom. The average molecular weight is 361 g/mol. The molecule has 0 aliphatic heterocycles. The van der Waals surface area contributed by atoms with Crippen LogP contribution in [0.1, 0.15) is 30.3 Å². The maximum absolute atomic E-state index is 11.5. The van der Waals surface area contributed by atoms with Gasteiger partial charge in [0.05, 0.1) is 6.61 Å². The molecule has 0 aliphatic carbocycles. The molecule has 0 bridgehead atoms. The number of esters is 2. The van der Waals surface area contributed by atoms with Crippen LogP contribution in [0.2, 0.25) is 0 Å². The molecule has 0 aromatic carbocycles. The number of H-pyrrole nitrogens is 1. The lowest BCUT2D eigenvalue weighted by molar-refractivity contribution is -0.143.